The van der Waals surface area contributed by atoms with Crippen molar-refractivity contribution < 1.29 is 19.4 Å². The first kappa shape index (κ1) is 13.3. The third-order valence-electron chi connectivity index (χ3n) is 1.92. The summed E-state index contributed by atoms with van der Waals surface area (Å²) in [5, 5.41) is 11.5. The molecule has 0 bridgehead atoms. The summed E-state index contributed by atoms with van der Waals surface area (Å²) in [5.41, 5.74) is 0. The van der Waals surface area contributed by atoms with Gasteiger partial charge in [0.1, 0.15) is 12.4 Å². The molecule has 5 nitrogen and oxygen atoms in total. The molecule has 17 heavy (non-hydrogen) atoms. The van der Waals surface area contributed by atoms with Crippen LogP contribution in [0.4, 0.5) is 0 Å². The quantitative estimate of drug-likeness (QED) is 0.834. The number of para-hydroxylation sites is 1. The fourth-order valence-electron chi connectivity index (χ4n) is 1.15. The van der Waals surface area contributed by atoms with Crippen LogP contribution in [0.25, 0.3) is 0 Å². The predicted molar refractivity (Wildman–Crippen MR) is 62.2 cm³/mol. The van der Waals surface area contributed by atoms with Crippen LogP contribution in [0.15, 0.2) is 24.3 Å². The summed E-state index contributed by atoms with van der Waals surface area (Å²) < 4.78 is 5.23. The lowest BCUT2D eigenvalue weighted by Crippen LogP contribution is -2.43. The fourth-order valence-corrected chi connectivity index (χ4v) is 1.35. The zero-order valence-corrected chi connectivity index (χ0v) is 9.90. The van der Waals surface area contributed by atoms with Gasteiger partial charge in [-0.05, 0) is 12.1 Å². The zero-order chi connectivity index (χ0) is 12.8. The number of carboxylic acids is 1. The van der Waals surface area contributed by atoms with Crippen LogP contribution in [0.2, 0.25) is 5.02 Å². The van der Waals surface area contributed by atoms with Gasteiger partial charge in [0, 0.05) is 6.92 Å². The fraction of sp³-hybridized carbons (Fsp3) is 0.273. The Balaban J connectivity index is 2.61. The van der Waals surface area contributed by atoms with Gasteiger partial charge in [-0.15, -0.1) is 0 Å². The zero-order valence-electron chi connectivity index (χ0n) is 9.14. The van der Waals surface area contributed by atoms with Crippen LogP contribution in [0, 0.1) is 0 Å². The lowest BCUT2D eigenvalue weighted by molar-refractivity contribution is -0.142. The summed E-state index contributed by atoms with van der Waals surface area (Å²) in [6.07, 6.45) is 0. The van der Waals surface area contributed by atoms with Gasteiger partial charge in [-0.1, -0.05) is 23.7 Å². The van der Waals surface area contributed by atoms with Crippen LogP contribution < -0.4 is 10.1 Å². The molecule has 92 valence electrons. The number of amides is 1. The lowest BCUT2D eigenvalue weighted by atomic mass is 10.3. The minimum atomic E-state index is -1.16. The molecule has 0 fully saturated rings. The molecular formula is C11H12ClNO4. The summed E-state index contributed by atoms with van der Waals surface area (Å²) in [4.78, 5) is 21.6. The molecule has 1 rings (SSSR count). The van der Waals surface area contributed by atoms with Crippen molar-refractivity contribution >= 4 is 23.5 Å². The number of carboxylic acid groups (broad SMARTS) is 1. The SMILES string of the molecule is CC(=O)NC(COc1ccccc1Cl)C(=O)O. The molecular weight excluding hydrogens is 246 g/mol. The molecule has 0 saturated heterocycles. The molecule has 1 unspecified atom stereocenters. The molecule has 0 aliphatic rings. The Kier molecular flexibility index (Phi) is 4.78. The Bertz CT molecular complexity index is 422. The molecule has 1 aromatic carbocycles. The van der Waals surface area contributed by atoms with Gasteiger partial charge in [0.05, 0.1) is 5.02 Å². The van der Waals surface area contributed by atoms with E-state index in [2.05, 4.69) is 5.32 Å². The Labute approximate surface area is 103 Å². The van der Waals surface area contributed by atoms with Gasteiger partial charge in [0.25, 0.3) is 0 Å². The molecule has 1 atom stereocenters. The normalized spacial score (nSPS) is 11.6. The Morgan fingerprint density at radius 1 is 1.47 bits per heavy atom. The number of carbonyl (C=O) groups excluding carboxylic acids is 1. The van der Waals surface area contributed by atoms with E-state index in [0.29, 0.717) is 10.8 Å². The van der Waals surface area contributed by atoms with E-state index in [1.54, 1.807) is 24.3 Å². The average Bonchev–Trinajstić information content (AvgIpc) is 2.25. The number of nitrogens with one attached hydrogen (secondary N) is 1. The Morgan fingerprint density at radius 3 is 2.65 bits per heavy atom. The van der Waals surface area contributed by atoms with Crippen molar-refractivity contribution in [2.45, 2.75) is 13.0 Å². The number of halogens is 1. The van der Waals surface area contributed by atoms with Gasteiger partial charge >= 0.3 is 5.97 Å². The number of benzene rings is 1. The minimum absolute atomic E-state index is 0.182. The van der Waals surface area contributed by atoms with Crippen LogP contribution in [0.3, 0.4) is 0 Å². The van der Waals surface area contributed by atoms with Crippen LogP contribution in [-0.2, 0) is 9.59 Å². The smallest absolute Gasteiger partial charge is 0.329 e. The van der Waals surface area contributed by atoms with Gasteiger partial charge in [-0.2, -0.15) is 0 Å². The van der Waals surface area contributed by atoms with Crippen molar-refractivity contribution in [1.29, 1.82) is 0 Å². The number of ether oxygens (including phenoxy) is 1. The monoisotopic (exact) mass is 257 g/mol. The minimum Gasteiger partial charge on any atom is -0.489 e. The number of aliphatic carboxylic acids is 1. The van der Waals surface area contributed by atoms with Crippen molar-refractivity contribution in [3.63, 3.8) is 0 Å². The summed E-state index contributed by atoms with van der Waals surface area (Å²) >= 11 is 5.83. The maximum atomic E-state index is 10.8. The molecule has 1 aromatic rings. The highest BCUT2D eigenvalue weighted by molar-refractivity contribution is 6.32. The first-order valence-electron chi connectivity index (χ1n) is 4.88. The van der Waals surface area contributed by atoms with E-state index >= 15 is 0 Å². The van der Waals surface area contributed by atoms with E-state index in [1.807, 2.05) is 0 Å². The number of hydrogen-bond donors (Lipinski definition) is 2. The van der Waals surface area contributed by atoms with Gasteiger partial charge in [0.2, 0.25) is 5.91 Å². The lowest BCUT2D eigenvalue weighted by Gasteiger charge is -2.14. The maximum absolute atomic E-state index is 10.8. The number of carbonyl (C=O) groups is 2. The largest absolute Gasteiger partial charge is 0.489 e. The standard InChI is InChI=1S/C11H12ClNO4/c1-7(14)13-9(11(15)16)6-17-10-5-3-2-4-8(10)12/h2-5,9H,6H2,1H3,(H,13,14)(H,15,16). The Hall–Kier alpha value is -1.75. The number of rotatable bonds is 5. The highest BCUT2D eigenvalue weighted by atomic mass is 35.5. The highest BCUT2D eigenvalue weighted by Crippen LogP contribution is 2.23. The molecule has 6 heteroatoms. The second-order valence-electron chi connectivity index (χ2n) is 3.33. The van der Waals surface area contributed by atoms with Crippen LogP contribution >= 0.6 is 11.6 Å². The van der Waals surface area contributed by atoms with E-state index in [-0.39, 0.29) is 6.61 Å². The summed E-state index contributed by atoms with van der Waals surface area (Å²) in [6, 6.07) is 5.61. The Morgan fingerprint density at radius 2 is 2.12 bits per heavy atom. The van der Waals surface area contributed by atoms with Crippen LogP contribution in [0.1, 0.15) is 6.92 Å². The van der Waals surface area contributed by atoms with Crippen LogP contribution in [-0.4, -0.2) is 29.6 Å². The summed E-state index contributed by atoms with van der Waals surface area (Å²) in [6.45, 7) is 1.06. The molecule has 0 saturated carbocycles. The van der Waals surface area contributed by atoms with E-state index in [1.165, 1.54) is 6.92 Å². The van der Waals surface area contributed by atoms with Crippen molar-refractivity contribution in [3.8, 4) is 5.75 Å². The third kappa shape index (κ3) is 4.32. The van der Waals surface area contributed by atoms with Crippen molar-refractivity contribution in [2.75, 3.05) is 6.61 Å². The van der Waals surface area contributed by atoms with Gasteiger partial charge in [-0.3, -0.25) is 4.79 Å². The molecule has 0 aliphatic carbocycles. The first-order valence-corrected chi connectivity index (χ1v) is 5.25. The van der Waals surface area contributed by atoms with E-state index in [0.717, 1.165) is 0 Å². The first-order chi connectivity index (χ1) is 8.00. The van der Waals surface area contributed by atoms with E-state index < -0.39 is 17.9 Å². The molecule has 1 amide bonds. The molecule has 0 spiro atoms. The molecule has 0 radical (unpaired) electrons. The van der Waals surface area contributed by atoms with Crippen molar-refractivity contribution in [1.82, 2.24) is 5.32 Å². The number of hydrogen-bond acceptors (Lipinski definition) is 3. The second kappa shape index (κ2) is 6.10. The summed E-state index contributed by atoms with van der Waals surface area (Å²) in [7, 11) is 0. The topological polar surface area (TPSA) is 75.6 Å². The van der Waals surface area contributed by atoms with E-state index in [9.17, 15) is 9.59 Å². The molecule has 2 N–H and O–H groups in total. The highest BCUT2D eigenvalue weighted by Gasteiger charge is 2.19. The average molecular weight is 258 g/mol. The molecule has 0 aliphatic heterocycles. The molecule has 0 aromatic heterocycles. The molecule has 0 heterocycles. The van der Waals surface area contributed by atoms with Gasteiger partial charge < -0.3 is 15.2 Å². The van der Waals surface area contributed by atoms with Crippen LogP contribution in [0.5, 0.6) is 5.75 Å². The third-order valence-corrected chi connectivity index (χ3v) is 2.23. The maximum Gasteiger partial charge on any atom is 0.329 e. The van der Waals surface area contributed by atoms with E-state index in [4.69, 9.17) is 21.4 Å². The van der Waals surface area contributed by atoms with Crippen molar-refractivity contribution in [3.05, 3.63) is 29.3 Å². The van der Waals surface area contributed by atoms with Gasteiger partial charge in [-0.25, -0.2) is 4.79 Å². The predicted octanol–water partition coefficient (Wildman–Crippen LogP) is 1.31. The second-order valence-corrected chi connectivity index (χ2v) is 3.74. The van der Waals surface area contributed by atoms with Gasteiger partial charge in [0.15, 0.2) is 6.04 Å². The van der Waals surface area contributed by atoms with Crippen molar-refractivity contribution in [2.24, 2.45) is 0 Å². The summed E-state index contributed by atoms with van der Waals surface area (Å²) in [5.74, 6) is -1.21.